The number of aromatic nitrogens is 3. The maximum absolute atomic E-state index is 14.0. The van der Waals surface area contributed by atoms with Crippen molar-refractivity contribution in [2.45, 2.75) is 38.3 Å². The number of aromatic amines is 1. The van der Waals surface area contributed by atoms with Crippen molar-refractivity contribution in [2.24, 2.45) is 0 Å². The smallest absolute Gasteiger partial charge is 0.439 e. The third kappa shape index (κ3) is 5.47. The number of thiophene rings is 1. The Bertz CT molecular complexity index is 2040. The number of rotatable bonds is 9. The average Bonchev–Trinajstić information content (AvgIpc) is 3.86. The lowest BCUT2D eigenvalue weighted by Gasteiger charge is -2.16. The molecule has 0 radical (unpaired) electrons. The monoisotopic (exact) mass is 643 g/mol. The molecule has 1 atom stereocenters. The molecule has 5 aromatic rings. The Labute approximate surface area is 265 Å². The molecule has 2 aromatic carbocycles. The first-order valence-electron chi connectivity index (χ1n) is 14.7. The Morgan fingerprint density at radius 1 is 1.04 bits per heavy atom. The normalized spacial score (nSPS) is 15.2. The van der Waals surface area contributed by atoms with Gasteiger partial charge in [-0.15, -0.1) is 11.3 Å². The SMILES string of the molecule is COc1cc(F)cc(CNC(=O)c2ccc(-c3c4c(nc(CCc5ccc(F)cc5)c3-c3noc(=O)[nH]3)[C@H]3CCCN3C4=O)s2)c1. The molecule has 2 aliphatic rings. The van der Waals surface area contributed by atoms with Gasteiger partial charge in [0.05, 0.1) is 40.5 Å². The van der Waals surface area contributed by atoms with Crippen molar-refractivity contribution in [3.63, 3.8) is 0 Å². The number of H-pyrrole nitrogens is 1. The molecule has 3 aromatic heterocycles. The number of nitrogens with zero attached hydrogens (tertiary/aromatic N) is 3. The summed E-state index contributed by atoms with van der Waals surface area (Å²) in [6.45, 7) is 0.669. The van der Waals surface area contributed by atoms with Gasteiger partial charge in [-0.3, -0.25) is 24.1 Å². The number of nitrogens with one attached hydrogen (secondary N) is 2. The fourth-order valence-corrected chi connectivity index (χ4v) is 7.17. The highest BCUT2D eigenvalue weighted by Gasteiger charge is 2.44. The number of fused-ring (bicyclic) bond motifs is 3. The van der Waals surface area contributed by atoms with Crippen LogP contribution in [0.15, 0.2) is 63.9 Å². The molecule has 2 amide bonds. The summed E-state index contributed by atoms with van der Waals surface area (Å²) < 4.78 is 37.6. The molecular formula is C33H27F2N5O5S. The van der Waals surface area contributed by atoms with Crippen LogP contribution < -0.4 is 15.8 Å². The number of aryl methyl sites for hydroxylation is 2. The summed E-state index contributed by atoms with van der Waals surface area (Å²) in [6.07, 6.45) is 2.53. The maximum Gasteiger partial charge on any atom is 0.439 e. The van der Waals surface area contributed by atoms with E-state index in [4.69, 9.17) is 14.2 Å². The van der Waals surface area contributed by atoms with Crippen LogP contribution in [-0.2, 0) is 19.4 Å². The Morgan fingerprint density at radius 2 is 1.87 bits per heavy atom. The number of carbonyl (C=O) groups is 2. The van der Waals surface area contributed by atoms with Crippen LogP contribution in [-0.4, -0.2) is 45.5 Å². The number of benzene rings is 2. The minimum Gasteiger partial charge on any atom is -0.497 e. The molecule has 7 rings (SSSR count). The number of pyridine rings is 1. The van der Waals surface area contributed by atoms with E-state index in [2.05, 4.69) is 15.5 Å². The fourth-order valence-electron chi connectivity index (χ4n) is 6.19. The predicted molar refractivity (Wildman–Crippen MR) is 165 cm³/mol. The number of halogens is 2. The zero-order valence-corrected chi connectivity index (χ0v) is 25.4. The van der Waals surface area contributed by atoms with Crippen LogP contribution in [0.25, 0.3) is 21.8 Å². The van der Waals surface area contributed by atoms with E-state index in [0.717, 1.165) is 18.4 Å². The lowest BCUT2D eigenvalue weighted by atomic mass is 9.93. The molecule has 1 saturated heterocycles. The highest BCUT2D eigenvalue weighted by atomic mass is 32.1. The van der Waals surface area contributed by atoms with Gasteiger partial charge in [-0.25, -0.2) is 13.6 Å². The van der Waals surface area contributed by atoms with Crippen molar-refractivity contribution in [3.05, 3.63) is 110 Å². The molecule has 0 unspecified atom stereocenters. The van der Waals surface area contributed by atoms with Gasteiger partial charge in [0.25, 0.3) is 11.8 Å². The molecule has 10 nitrogen and oxygen atoms in total. The van der Waals surface area contributed by atoms with Crippen molar-refractivity contribution in [1.82, 2.24) is 25.3 Å². The molecule has 13 heteroatoms. The third-order valence-corrected chi connectivity index (χ3v) is 9.38. The van der Waals surface area contributed by atoms with E-state index in [9.17, 15) is 23.2 Å². The first kappa shape index (κ1) is 29.5. The van der Waals surface area contributed by atoms with Gasteiger partial charge in [0.1, 0.15) is 17.4 Å². The molecule has 5 heterocycles. The quantitative estimate of drug-likeness (QED) is 0.219. The summed E-state index contributed by atoms with van der Waals surface area (Å²) >= 11 is 1.18. The van der Waals surface area contributed by atoms with Crippen LogP contribution >= 0.6 is 11.3 Å². The molecule has 0 spiro atoms. The summed E-state index contributed by atoms with van der Waals surface area (Å²) in [6, 6.07) is 13.6. The van der Waals surface area contributed by atoms with Crippen molar-refractivity contribution in [1.29, 1.82) is 0 Å². The summed E-state index contributed by atoms with van der Waals surface area (Å²) in [5.41, 5.74) is 4.01. The van der Waals surface area contributed by atoms with Crippen LogP contribution in [0.2, 0.25) is 0 Å². The van der Waals surface area contributed by atoms with Crippen molar-refractivity contribution in [3.8, 4) is 27.6 Å². The van der Waals surface area contributed by atoms with E-state index < -0.39 is 11.6 Å². The summed E-state index contributed by atoms with van der Waals surface area (Å²) in [5, 5.41) is 6.79. The van der Waals surface area contributed by atoms with Gasteiger partial charge in [-0.1, -0.05) is 17.3 Å². The number of carbonyl (C=O) groups excluding carboxylic acids is 2. The second-order valence-electron chi connectivity index (χ2n) is 11.1. The standard InChI is InChI=1S/C33H27F2N5O5S/c1-44-21-14-18(13-20(35)15-21)16-36-31(41)25-11-10-24(46-25)27-26(30-38-33(43)45-39-30)22(9-6-17-4-7-19(34)8-5-17)37-29-23-3-2-12-40(23)32(42)28(27)29/h4-5,7-8,10-11,13-15,23H,2-3,6,9,12,16H2,1H3,(H,36,41)(H,38,39,43)/t23-/m1/s1. The molecule has 0 saturated carbocycles. The predicted octanol–water partition coefficient (Wildman–Crippen LogP) is 5.45. The Hall–Kier alpha value is -5.17. The van der Waals surface area contributed by atoms with Gasteiger partial charge in [0, 0.05) is 29.6 Å². The van der Waals surface area contributed by atoms with Gasteiger partial charge in [0.15, 0.2) is 5.82 Å². The van der Waals surface area contributed by atoms with E-state index >= 15 is 0 Å². The van der Waals surface area contributed by atoms with Crippen LogP contribution in [0.3, 0.4) is 0 Å². The first-order valence-corrected chi connectivity index (χ1v) is 15.5. The van der Waals surface area contributed by atoms with E-state index in [1.54, 1.807) is 30.3 Å². The minimum atomic E-state index is -0.766. The Kier molecular flexibility index (Phi) is 7.69. The maximum atomic E-state index is 14.0. The highest BCUT2D eigenvalue weighted by molar-refractivity contribution is 7.17. The van der Waals surface area contributed by atoms with Crippen molar-refractivity contribution < 1.29 is 27.6 Å². The van der Waals surface area contributed by atoms with E-state index in [1.165, 1.54) is 42.7 Å². The topological polar surface area (TPSA) is 130 Å². The summed E-state index contributed by atoms with van der Waals surface area (Å²) in [4.78, 5) is 49.7. The molecule has 2 aliphatic heterocycles. The number of ether oxygens (including phenoxy) is 1. The highest BCUT2D eigenvalue weighted by Crippen LogP contribution is 2.48. The van der Waals surface area contributed by atoms with Gasteiger partial charge in [-0.05, 0) is 73.2 Å². The van der Waals surface area contributed by atoms with Gasteiger partial charge >= 0.3 is 5.76 Å². The Morgan fingerprint density at radius 3 is 2.63 bits per heavy atom. The first-order chi connectivity index (χ1) is 22.3. The van der Waals surface area contributed by atoms with E-state index in [0.29, 0.717) is 68.5 Å². The average molecular weight is 644 g/mol. The van der Waals surface area contributed by atoms with Crippen LogP contribution in [0.4, 0.5) is 8.78 Å². The van der Waals surface area contributed by atoms with Gasteiger partial charge < -0.3 is 15.0 Å². The lowest BCUT2D eigenvalue weighted by Crippen LogP contribution is -2.23. The molecule has 46 heavy (non-hydrogen) atoms. The molecule has 0 bridgehead atoms. The van der Waals surface area contributed by atoms with Gasteiger partial charge in [-0.2, -0.15) is 0 Å². The molecule has 0 aliphatic carbocycles. The molecule has 2 N–H and O–H groups in total. The fraction of sp³-hybridized carbons (Fsp3) is 0.242. The Balaban J connectivity index is 1.30. The van der Waals surface area contributed by atoms with Crippen LogP contribution in [0.1, 0.15) is 61.4 Å². The third-order valence-electron chi connectivity index (χ3n) is 8.28. The second kappa shape index (κ2) is 12.0. The lowest BCUT2D eigenvalue weighted by molar-refractivity contribution is 0.0776. The summed E-state index contributed by atoms with van der Waals surface area (Å²) in [5.74, 6) is -1.68. The molecular weight excluding hydrogens is 616 g/mol. The van der Waals surface area contributed by atoms with Crippen LogP contribution in [0, 0.1) is 11.6 Å². The molecule has 1 fully saturated rings. The van der Waals surface area contributed by atoms with Crippen molar-refractivity contribution in [2.75, 3.05) is 13.7 Å². The van der Waals surface area contributed by atoms with Crippen LogP contribution in [0.5, 0.6) is 5.75 Å². The summed E-state index contributed by atoms with van der Waals surface area (Å²) in [7, 11) is 1.44. The molecule has 234 valence electrons. The zero-order chi connectivity index (χ0) is 31.9. The van der Waals surface area contributed by atoms with Gasteiger partial charge in [0.2, 0.25) is 0 Å². The number of methoxy groups -OCH3 is 1. The number of hydrogen-bond acceptors (Lipinski definition) is 8. The minimum absolute atomic E-state index is 0.0684. The largest absolute Gasteiger partial charge is 0.497 e. The van der Waals surface area contributed by atoms with Crippen molar-refractivity contribution >= 4 is 23.2 Å². The van der Waals surface area contributed by atoms with E-state index in [-0.39, 0.29) is 36.0 Å². The number of hydrogen-bond donors (Lipinski definition) is 2. The number of amides is 2. The second-order valence-corrected chi connectivity index (χ2v) is 12.2. The van der Waals surface area contributed by atoms with E-state index in [1.807, 2.05) is 4.90 Å². The zero-order valence-electron chi connectivity index (χ0n) is 24.6.